The molecule has 0 radical (unpaired) electrons. The lowest BCUT2D eigenvalue weighted by molar-refractivity contribution is -0.137. The van der Waals surface area contributed by atoms with Crippen molar-refractivity contribution in [3.8, 4) is 0 Å². The molecule has 2 amide bonds. The molecule has 0 aliphatic carbocycles. The molecule has 0 bridgehead atoms. The predicted octanol–water partition coefficient (Wildman–Crippen LogP) is 1.74. The Morgan fingerprint density at radius 1 is 1.25 bits per heavy atom. The number of nitrogens with two attached hydrogens (primary N) is 1. The highest BCUT2D eigenvalue weighted by Gasteiger charge is 2.37. The summed E-state index contributed by atoms with van der Waals surface area (Å²) >= 11 is 0. The molecule has 1 unspecified atom stereocenters. The van der Waals surface area contributed by atoms with E-state index in [1.54, 1.807) is 6.92 Å². The molecule has 5 nitrogen and oxygen atoms in total. The number of nitrogens with one attached hydrogen (secondary N) is 1. The van der Waals surface area contributed by atoms with E-state index in [1.165, 1.54) is 5.56 Å². The largest absolute Gasteiger partial charge is 0.344 e. The number of carbonyl (C=O) groups excluding carboxylic acids is 2. The van der Waals surface area contributed by atoms with Crippen molar-refractivity contribution in [1.29, 1.82) is 0 Å². The number of benzene rings is 1. The lowest BCUT2D eigenvalue weighted by Gasteiger charge is -2.25. The normalized spacial score (nSPS) is 22.3. The van der Waals surface area contributed by atoms with Gasteiger partial charge in [0.05, 0.1) is 0 Å². The molecule has 0 saturated carbocycles. The second-order valence-corrected chi connectivity index (χ2v) is 7.70. The van der Waals surface area contributed by atoms with Gasteiger partial charge in [-0.25, -0.2) is 0 Å². The van der Waals surface area contributed by atoms with E-state index in [4.69, 9.17) is 5.73 Å². The highest BCUT2D eigenvalue weighted by Crippen LogP contribution is 2.32. The fraction of sp³-hybridized carbons (Fsp3) is 0.579. The van der Waals surface area contributed by atoms with Gasteiger partial charge in [-0.15, -0.1) is 0 Å². The van der Waals surface area contributed by atoms with Crippen molar-refractivity contribution in [3.05, 3.63) is 35.9 Å². The maximum atomic E-state index is 12.7. The lowest BCUT2D eigenvalue weighted by atomic mass is 9.89. The highest BCUT2D eigenvalue weighted by molar-refractivity contribution is 5.89. The molecule has 5 heteroatoms. The van der Waals surface area contributed by atoms with Gasteiger partial charge in [0.2, 0.25) is 11.8 Å². The molecule has 3 atom stereocenters. The molecule has 132 valence electrons. The minimum atomic E-state index is -0.523. The summed E-state index contributed by atoms with van der Waals surface area (Å²) in [5.74, 6) is 0.356. The van der Waals surface area contributed by atoms with E-state index in [0.29, 0.717) is 19.6 Å². The summed E-state index contributed by atoms with van der Waals surface area (Å²) in [5.41, 5.74) is 6.64. The van der Waals surface area contributed by atoms with Crippen LogP contribution in [0.2, 0.25) is 0 Å². The number of likely N-dealkylation sites (tertiary alicyclic amines) is 1. The van der Waals surface area contributed by atoms with Crippen LogP contribution in [0.25, 0.3) is 0 Å². The quantitative estimate of drug-likeness (QED) is 0.882. The molecular weight excluding hydrogens is 302 g/mol. The van der Waals surface area contributed by atoms with Crippen LogP contribution in [0.15, 0.2) is 30.3 Å². The van der Waals surface area contributed by atoms with Crippen LogP contribution in [-0.4, -0.2) is 42.4 Å². The van der Waals surface area contributed by atoms with E-state index in [2.05, 4.69) is 17.4 Å². The summed E-state index contributed by atoms with van der Waals surface area (Å²) in [6.45, 7) is 9.11. The van der Waals surface area contributed by atoms with Gasteiger partial charge in [0.1, 0.15) is 6.04 Å². The Hall–Kier alpha value is -1.88. The maximum absolute atomic E-state index is 12.7. The van der Waals surface area contributed by atoms with E-state index < -0.39 is 11.5 Å². The maximum Gasteiger partial charge on any atom is 0.244 e. The minimum Gasteiger partial charge on any atom is -0.344 e. The molecular formula is C19H29N3O2. The molecule has 1 fully saturated rings. The van der Waals surface area contributed by atoms with E-state index in [9.17, 15) is 9.59 Å². The number of hydrogen-bond donors (Lipinski definition) is 2. The van der Waals surface area contributed by atoms with Gasteiger partial charge in [0.25, 0.3) is 0 Å². The zero-order valence-electron chi connectivity index (χ0n) is 15.1. The summed E-state index contributed by atoms with van der Waals surface area (Å²) in [6.07, 6.45) is 0. The second-order valence-electron chi connectivity index (χ2n) is 7.70. The van der Waals surface area contributed by atoms with Gasteiger partial charge >= 0.3 is 0 Å². The van der Waals surface area contributed by atoms with Crippen molar-refractivity contribution in [2.45, 2.75) is 39.7 Å². The van der Waals surface area contributed by atoms with Crippen LogP contribution >= 0.6 is 0 Å². The molecule has 3 N–H and O–H groups in total. The Labute approximate surface area is 144 Å². The summed E-state index contributed by atoms with van der Waals surface area (Å²) in [5, 5.41) is 2.82. The van der Waals surface area contributed by atoms with Gasteiger partial charge in [-0.2, -0.15) is 0 Å². The Kier molecular flexibility index (Phi) is 5.65. The van der Waals surface area contributed by atoms with Gasteiger partial charge in [0, 0.05) is 24.4 Å². The van der Waals surface area contributed by atoms with Crippen LogP contribution in [0.4, 0.5) is 0 Å². The lowest BCUT2D eigenvalue weighted by Crippen LogP contribution is -2.49. The van der Waals surface area contributed by atoms with Gasteiger partial charge in [-0.1, -0.05) is 51.1 Å². The molecule has 1 aromatic rings. The average Bonchev–Trinajstić information content (AvgIpc) is 2.98. The van der Waals surface area contributed by atoms with E-state index in [1.807, 2.05) is 43.9 Å². The summed E-state index contributed by atoms with van der Waals surface area (Å²) in [7, 11) is 0. The Bertz CT molecular complexity index is 580. The molecule has 24 heavy (non-hydrogen) atoms. The van der Waals surface area contributed by atoms with Gasteiger partial charge in [-0.05, 0) is 24.9 Å². The average molecular weight is 331 g/mol. The van der Waals surface area contributed by atoms with Crippen molar-refractivity contribution in [2.24, 2.45) is 17.1 Å². The molecule has 1 saturated heterocycles. The topological polar surface area (TPSA) is 75.4 Å². The Balaban J connectivity index is 2.04. The molecule has 0 spiro atoms. The number of nitrogens with zero attached hydrogens (tertiary/aromatic N) is 1. The van der Waals surface area contributed by atoms with Crippen LogP contribution < -0.4 is 11.1 Å². The summed E-state index contributed by atoms with van der Waals surface area (Å²) in [4.78, 5) is 26.7. The van der Waals surface area contributed by atoms with Gasteiger partial charge in [0.15, 0.2) is 0 Å². The molecule has 1 aromatic carbocycles. The predicted molar refractivity (Wildman–Crippen MR) is 95.4 cm³/mol. The third kappa shape index (κ3) is 4.15. The number of amides is 2. The first-order valence-electron chi connectivity index (χ1n) is 8.58. The first kappa shape index (κ1) is 18.5. The van der Waals surface area contributed by atoms with Crippen LogP contribution in [-0.2, 0) is 9.59 Å². The molecule has 2 rings (SSSR count). The number of carbonyl (C=O) groups is 2. The Morgan fingerprint density at radius 3 is 2.42 bits per heavy atom. The summed E-state index contributed by atoms with van der Waals surface area (Å²) < 4.78 is 0. The molecule has 1 aliphatic rings. The monoisotopic (exact) mass is 331 g/mol. The third-order valence-electron chi connectivity index (χ3n) is 4.68. The van der Waals surface area contributed by atoms with Crippen molar-refractivity contribution in [1.82, 2.24) is 10.2 Å². The standard InChI is InChI=1S/C19H29N3O2/c1-13(21-18(24)19(2,3)4)17(23)22-11-15(10-20)16(12-22)14-8-6-5-7-9-14/h5-9,13,15-16H,10-12,20H2,1-4H3,(H,21,24)/t13?,15-,16+/m1/s1. The fourth-order valence-corrected chi connectivity index (χ4v) is 3.12. The fourth-order valence-electron chi connectivity index (χ4n) is 3.12. The Morgan fingerprint density at radius 2 is 1.88 bits per heavy atom. The SMILES string of the molecule is CC(NC(=O)C(C)(C)C)C(=O)N1C[C@@H](CN)[C@H](c2ccccc2)C1. The van der Waals surface area contributed by atoms with Crippen molar-refractivity contribution < 1.29 is 9.59 Å². The van der Waals surface area contributed by atoms with Crippen molar-refractivity contribution in [3.63, 3.8) is 0 Å². The zero-order valence-corrected chi connectivity index (χ0v) is 15.1. The smallest absolute Gasteiger partial charge is 0.244 e. The highest BCUT2D eigenvalue weighted by atomic mass is 16.2. The van der Waals surface area contributed by atoms with Gasteiger partial charge < -0.3 is 16.0 Å². The van der Waals surface area contributed by atoms with Gasteiger partial charge in [-0.3, -0.25) is 9.59 Å². The minimum absolute atomic E-state index is 0.0375. The zero-order chi connectivity index (χ0) is 17.9. The van der Waals surface area contributed by atoms with Crippen molar-refractivity contribution in [2.75, 3.05) is 19.6 Å². The van der Waals surface area contributed by atoms with Crippen LogP contribution in [0, 0.1) is 11.3 Å². The van der Waals surface area contributed by atoms with Crippen molar-refractivity contribution >= 4 is 11.8 Å². The molecule has 0 aromatic heterocycles. The summed E-state index contributed by atoms with van der Waals surface area (Å²) in [6, 6.07) is 9.67. The van der Waals surface area contributed by atoms with E-state index in [-0.39, 0.29) is 23.7 Å². The van der Waals surface area contributed by atoms with E-state index >= 15 is 0 Å². The molecule has 1 aliphatic heterocycles. The van der Waals surface area contributed by atoms with Crippen LogP contribution in [0.3, 0.4) is 0 Å². The van der Waals surface area contributed by atoms with E-state index in [0.717, 1.165) is 0 Å². The van der Waals surface area contributed by atoms with Crippen LogP contribution in [0.1, 0.15) is 39.2 Å². The second kappa shape index (κ2) is 7.34. The first-order chi connectivity index (χ1) is 11.2. The number of hydrogen-bond acceptors (Lipinski definition) is 3. The van der Waals surface area contributed by atoms with Crippen LogP contribution in [0.5, 0.6) is 0 Å². The first-order valence-corrected chi connectivity index (χ1v) is 8.58. The molecule has 1 heterocycles. The number of rotatable bonds is 4. The third-order valence-corrected chi connectivity index (χ3v) is 4.68.